The zero-order chi connectivity index (χ0) is 12.7. The van der Waals surface area contributed by atoms with E-state index in [0.29, 0.717) is 6.04 Å². The van der Waals surface area contributed by atoms with Crippen molar-refractivity contribution in [1.82, 2.24) is 25.0 Å². The third-order valence-electron chi connectivity index (χ3n) is 4.18. The van der Waals surface area contributed by atoms with Crippen LogP contribution in [-0.2, 0) is 19.6 Å². The predicted octanol–water partition coefficient (Wildman–Crippen LogP) is 0.938. The van der Waals surface area contributed by atoms with Crippen molar-refractivity contribution in [2.75, 3.05) is 13.1 Å². The molecule has 2 aromatic rings. The highest BCUT2D eigenvalue weighted by molar-refractivity contribution is 5.32. The molecule has 19 heavy (non-hydrogen) atoms. The number of aromatic nitrogens is 3. The summed E-state index contributed by atoms with van der Waals surface area (Å²) in [5, 5.41) is 11.7. The SMILES string of the molecule is c1ccc2c(c1)CNCC2N1CCn2cnnc2C1. The van der Waals surface area contributed by atoms with Crippen LogP contribution in [0.4, 0.5) is 0 Å². The third-order valence-corrected chi connectivity index (χ3v) is 4.18. The molecule has 3 heterocycles. The maximum Gasteiger partial charge on any atom is 0.147 e. The minimum absolute atomic E-state index is 0.454. The fourth-order valence-corrected chi connectivity index (χ4v) is 3.15. The van der Waals surface area contributed by atoms with Crippen LogP contribution < -0.4 is 5.32 Å². The van der Waals surface area contributed by atoms with Gasteiger partial charge in [0.1, 0.15) is 12.2 Å². The molecule has 4 rings (SSSR count). The molecule has 0 saturated carbocycles. The second-order valence-electron chi connectivity index (χ2n) is 5.26. The quantitative estimate of drug-likeness (QED) is 0.823. The molecule has 5 nitrogen and oxygen atoms in total. The van der Waals surface area contributed by atoms with Gasteiger partial charge in [-0.15, -0.1) is 10.2 Å². The van der Waals surface area contributed by atoms with Gasteiger partial charge in [-0.25, -0.2) is 0 Å². The van der Waals surface area contributed by atoms with Crippen LogP contribution in [0.2, 0.25) is 0 Å². The van der Waals surface area contributed by atoms with Gasteiger partial charge < -0.3 is 9.88 Å². The summed E-state index contributed by atoms with van der Waals surface area (Å²) in [5.74, 6) is 1.08. The van der Waals surface area contributed by atoms with Gasteiger partial charge in [0.2, 0.25) is 0 Å². The van der Waals surface area contributed by atoms with Gasteiger partial charge >= 0.3 is 0 Å². The zero-order valence-corrected chi connectivity index (χ0v) is 10.8. The van der Waals surface area contributed by atoms with Crippen LogP contribution in [-0.4, -0.2) is 32.8 Å². The number of rotatable bonds is 1. The number of hydrogen-bond donors (Lipinski definition) is 1. The summed E-state index contributed by atoms with van der Waals surface area (Å²) < 4.78 is 2.15. The fraction of sp³-hybridized carbons (Fsp3) is 0.429. The van der Waals surface area contributed by atoms with E-state index in [2.05, 4.69) is 49.2 Å². The van der Waals surface area contributed by atoms with Crippen LogP contribution >= 0.6 is 0 Å². The van der Waals surface area contributed by atoms with Crippen LogP contribution in [0.25, 0.3) is 0 Å². The summed E-state index contributed by atoms with van der Waals surface area (Å²) in [7, 11) is 0. The molecular formula is C14H17N5. The normalized spacial score (nSPS) is 22.8. The largest absolute Gasteiger partial charge is 0.315 e. The van der Waals surface area contributed by atoms with Crippen LogP contribution in [0, 0.1) is 0 Å². The first kappa shape index (κ1) is 11.1. The molecule has 0 spiro atoms. The molecule has 0 saturated heterocycles. The van der Waals surface area contributed by atoms with E-state index < -0.39 is 0 Å². The molecule has 1 N–H and O–H groups in total. The maximum atomic E-state index is 4.21. The molecule has 5 heteroatoms. The van der Waals surface area contributed by atoms with Gasteiger partial charge in [0.25, 0.3) is 0 Å². The van der Waals surface area contributed by atoms with Gasteiger partial charge in [-0.3, -0.25) is 4.90 Å². The second-order valence-corrected chi connectivity index (χ2v) is 5.26. The smallest absolute Gasteiger partial charge is 0.147 e. The Labute approximate surface area is 112 Å². The van der Waals surface area contributed by atoms with Crippen molar-refractivity contribution in [2.24, 2.45) is 0 Å². The molecule has 1 unspecified atom stereocenters. The average Bonchev–Trinajstić information content (AvgIpc) is 2.94. The third kappa shape index (κ3) is 1.86. The van der Waals surface area contributed by atoms with E-state index in [0.717, 1.165) is 38.5 Å². The molecule has 0 bridgehead atoms. The highest BCUT2D eigenvalue weighted by atomic mass is 15.3. The van der Waals surface area contributed by atoms with Gasteiger partial charge in [-0.2, -0.15) is 0 Å². The van der Waals surface area contributed by atoms with E-state index >= 15 is 0 Å². The highest BCUT2D eigenvalue weighted by Crippen LogP contribution is 2.29. The second kappa shape index (κ2) is 4.43. The lowest BCUT2D eigenvalue weighted by atomic mass is 9.95. The van der Waals surface area contributed by atoms with Gasteiger partial charge in [0.15, 0.2) is 0 Å². The lowest BCUT2D eigenvalue weighted by Gasteiger charge is -2.38. The molecule has 0 amide bonds. The highest BCUT2D eigenvalue weighted by Gasteiger charge is 2.28. The number of nitrogens with zero attached hydrogens (tertiary/aromatic N) is 4. The van der Waals surface area contributed by atoms with Crippen molar-refractivity contribution in [3.8, 4) is 0 Å². The first-order chi connectivity index (χ1) is 9.42. The minimum atomic E-state index is 0.454. The van der Waals surface area contributed by atoms with Gasteiger partial charge in [0.05, 0.1) is 6.54 Å². The van der Waals surface area contributed by atoms with Crippen molar-refractivity contribution in [3.63, 3.8) is 0 Å². The standard InChI is InChI=1S/C14H17N5/c1-2-4-12-11(3-1)7-15-8-13(12)18-5-6-19-10-16-17-14(19)9-18/h1-4,10,13,15H,5-9H2. The Kier molecular flexibility index (Phi) is 2.60. The Morgan fingerprint density at radius 1 is 1.21 bits per heavy atom. The Morgan fingerprint density at radius 3 is 3.16 bits per heavy atom. The molecule has 98 valence electrons. The number of fused-ring (bicyclic) bond motifs is 2. The van der Waals surface area contributed by atoms with E-state index in [1.165, 1.54) is 11.1 Å². The zero-order valence-electron chi connectivity index (χ0n) is 10.8. The molecule has 2 aliphatic heterocycles. The molecule has 1 aromatic heterocycles. The summed E-state index contributed by atoms with van der Waals surface area (Å²) in [6, 6.07) is 9.20. The summed E-state index contributed by atoms with van der Waals surface area (Å²) in [6.07, 6.45) is 1.83. The van der Waals surface area contributed by atoms with Crippen molar-refractivity contribution >= 4 is 0 Å². The number of benzene rings is 1. The van der Waals surface area contributed by atoms with E-state index in [9.17, 15) is 0 Å². The van der Waals surface area contributed by atoms with Gasteiger partial charge in [0, 0.05) is 32.2 Å². The molecule has 0 radical (unpaired) electrons. The van der Waals surface area contributed by atoms with Crippen LogP contribution in [0.3, 0.4) is 0 Å². The lowest BCUT2D eigenvalue weighted by molar-refractivity contribution is 0.143. The molecule has 1 aromatic carbocycles. The van der Waals surface area contributed by atoms with E-state index in [1.807, 2.05) is 6.33 Å². The number of hydrogen-bond acceptors (Lipinski definition) is 4. The Hall–Kier alpha value is -1.72. The first-order valence-electron chi connectivity index (χ1n) is 6.81. The number of nitrogens with one attached hydrogen (secondary N) is 1. The fourth-order valence-electron chi connectivity index (χ4n) is 3.15. The Balaban J connectivity index is 1.65. The summed E-state index contributed by atoms with van der Waals surface area (Å²) in [4.78, 5) is 2.51. The van der Waals surface area contributed by atoms with E-state index in [-0.39, 0.29) is 0 Å². The average molecular weight is 255 g/mol. The molecule has 0 fully saturated rings. The lowest BCUT2D eigenvalue weighted by Crippen LogP contribution is -2.43. The molecule has 1 atom stereocenters. The van der Waals surface area contributed by atoms with Crippen LogP contribution in [0.5, 0.6) is 0 Å². The van der Waals surface area contributed by atoms with E-state index in [1.54, 1.807) is 0 Å². The maximum absolute atomic E-state index is 4.21. The van der Waals surface area contributed by atoms with Crippen molar-refractivity contribution < 1.29 is 0 Å². The minimum Gasteiger partial charge on any atom is -0.315 e. The summed E-state index contributed by atoms with van der Waals surface area (Å²) in [6.45, 7) is 4.94. The monoisotopic (exact) mass is 255 g/mol. The van der Waals surface area contributed by atoms with E-state index in [4.69, 9.17) is 0 Å². The van der Waals surface area contributed by atoms with Crippen LogP contribution in [0.15, 0.2) is 30.6 Å². The van der Waals surface area contributed by atoms with Crippen molar-refractivity contribution in [3.05, 3.63) is 47.5 Å². The Morgan fingerprint density at radius 2 is 2.16 bits per heavy atom. The van der Waals surface area contributed by atoms with Crippen molar-refractivity contribution in [1.29, 1.82) is 0 Å². The molecular weight excluding hydrogens is 238 g/mol. The topological polar surface area (TPSA) is 46.0 Å². The van der Waals surface area contributed by atoms with Crippen LogP contribution in [0.1, 0.15) is 23.0 Å². The first-order valence-corrected chi connectivity index (χ1v) is 6.81. The summed E-state index contributed by atoms with van der Waals surface area (Å²) in [5.41, 5.74) is 2.89. The molecule has 2 aliphatic rings. The van der Waals surface area contributed by atoms with Gasteiger partial charge in [-0.1, -0.05) is 24.3 Å². The predicted molar refractivity (Wildman–Crippen MR) is 71.3 cm³/mol. The van der Waals surface area contributed by atoms with Gasteiger partial charge in [-0.05, 0) is 11.1 Å². The van der Waals surface area contributed by atoms with Crippen molar-refractivity contribution in [2.45, 2.75) is 25.7 Å². The Bertz CT molecular complexity index is 591. The molecule has 0 aliphatic carbocycles. The summed E-state index contributed by atoms with van der Waals surface area (Å²) >= 11 is 0.